The molecular formula is C17H20N2O2. The van der Waals surface area contributed by atoms with Crippen molar-refractivity contribution < 1.29 is 9.90 Å². The Morgan fingerprint density at radius 1 is 1.10 bits per heavy atom. The lowest BCUT2D eigenvalue weighted by atomic mass is 10.0. The van der Waals surface area contributed by atoms with Crippen LogP contribution in [0.3, 0.4) is 0 Å². The maximum Gasteiger partial charge on any atom is 0.221 e. The molecule has 1 atom stereocenters. The highest BCUT2D eigenvalue weighted by atomic mass is 16.3. The van der Waals surface area contributed by atoms with E-state index in [0.29, 0.717) is 6.54 Å². The molecule has 4 N–H and O–H groups in total. The van der Waals surface area contributed by atoms with Crippen molar-refractivity contribution in [3.8, 4) is 5.75 Å². The first-order valence-corrected chi connectivity index (χ1v) is 7.00. The van der Waals surface area contributed by atoms with Gasteiger partial charge in [-0.15, -0.1) is 0 Å². The van der Waals surface area contributed by atoms with Gasteiger partial charge in [0.15, 0.2) is 0 Å². The van der Waals surface area contributed by atoms with Crippen molar-refractivity contribution in [3.63, 3.8) is 0 Å². The monoisotopic (exact) mass is 284 g/mol. The Balaban J connectivity index is 1.73. The molecule has 0 saturated carbocycles. The third-order valence-corrected chi connectivity index (χ3v) is 3.31. The third kappa shape index (κ3) is 4.93. The first-order chi connectivity index (χ1) is 10.1. The number of amides is 1. The highest BCUT2D eigenvalue weighted by Crippen LogP contribution is 2.13. The van der Waals surface area contributed by atoms with Crippen LogP contribution in [0.5, 0.6) is 5.75 Å². The lowest BCUT2D eigenvalue weighted by Crippen LogP contribution is -2.29. The van der Waals surface area contributed by atoms with Gasteiger partial charge in [0.25, 0.3) is 0 Å². The molecule has 21 heavy (non-hydrogen) atoms. The zero-order chi connectivity index (χ0) is 15.1. The SMILES string of the molecule is NC(CC(=O)NCCc1ccc(O)cc1)c1ccccc1. The number of carbonyl (C=O) groups excluding carboxylic acids is 1. The van der Waals surface area contributed by atoms with Crippen molar-refractivity contribution in [2.75, 3.05) is 6.54 Å². The molecule has 4 heteroatoms. The summed E-state index contributed by atoms with van der Waals surface area (Å²) in [6.45, 7) is 0.561. The number of phenols is 1. The molecule has 1 amide bonds. The van der Waals surface area contributed by atoms with E-state index in [0.717, 1.165) is 17.5 Å². The van der Waals surface area contributed by atoms with E-state index in [4.69, 9.17) is 5.73 Å². The molecule has 0 aliphatic rings. The highest BCUT2D eigenvalue weighted by Gasteiger charge is 2.10. The maximum atomic E-state index is 11.8. The molecule has 0 aromatic heterocycles. The number of carbonyl (C=O) groups is 1. The standard InChI is InChI=1S/C17H20N2O2/c18-16(14-4-2-1-3-5-14)12-17(21)19-11-10-13-6-8-15(20)9-7-13/h1-9,16,20H,10-12,18H2,(H,19,21). The van der Waals surface area contributed by atoms with E-state index in [-0.39, 0.29) is 24.1 Å². The number of phenolic OH excluding ortho intramolecular Hbond substituents is 1. The predicted molar refractivity (Wildman–Crippen MR) is 82.8 cm³/mol. The Bertz CT molecular complexity index is 567. The van der Waals surface area contributed by atoms with Gasteiger partial charge in [-0.2, -0.15) is 0 Å². The van der Waals surface area contributed by atoms with Gasteiger partial charge in [0.1, 0.15) is 5.75 Å². The summed E-state index contributed by atoms with van der Waals surface area (Å²) in [5.41, 5.74) is 8.04. The summed E-state index contributed by atoms with van der Waals surface area (Å²) in [7, 11) is 0. The molecule has 2 rings (SSSR count). The van der Waals surface area contributed by atoms with Crippen LogP contribution in [0, 0.1) is 0 Å². The highest BCUT2D eigenvalue weighted by molar-refractivity contribution is 5.76. The van der Waals surface area contributed by atoms with Gasteiger partial charge in [-0.1, -0.05) is 42.5 Å². The molecule has 0 aliphatic carbocycles. The maximum absolute atomic E-state index is 11.8. The number of benzene rings is 2. The minimum absolute atomic E-state index is 0.0508. The van der Waals surface area contributed by atoms with Crippen LogP contribution in [-0.2, 0) is 11.2 Å². The molecule has 0 spiro atoms. The van der Waals surface area contributed by atoms with Crippen LogP contribution in [0.15, 0.2) is 54.6 Å². The van der Waals surface area contributed by atoms with Crippen LogP contribution in [0.2, 0.25) is 0 Å². The van der Waals surface area contributed by atoms with Crippen molar-refractivity contribution >= 4 is 5.91 Å². The largest absolute Gasteiger partial charge is 0.508 e. The average molecular weight is 284 g/mol. The van der Waals surface area contributed by atoms with E-state index < -0.39 is 0 Å². The van der Waals surface area contributed by atoms with Crippen molar-refractivity contribution in [1.82, 2.24) is 5.32 Å². The predicted octanol–water partition coefficient (Wildman–Crippen LogP) is 2.14. The fraction of sp³-hybridized carbons (Fsp3) is 0.235. The summed E-state index contributed by atoms with van der Waals surface area (Å²) in [5.74, 6) is 0.196. The van der Waals surface area contributed by atoms with Crippen LogP contribution in [0.1, 0.15) is 23.6 Å². The van der Waals surface area contributed by atoms with Crippen LogP contribution in [0.25, 0.3) is 0 Å². The second-order valence-corrected chi connectivity index (χ2v) is 4.99. The van der Waals surface area contributed by atoms with Crippen molar-refractivity contribution in [3.05, 3.63) is 65.7 Å². The van der Waals surface area contributed by atoms with Crippen molar-refractivity contribution in [2.24, 2.45) is 5.73 Å². The van der Waals surface area contributed by atoms with Crippen LogP contribution < -0.4 is 11.1 Å². The third-order valence-electron chi connectivity index (χ3n) is 3.31. The normalized spacial score (nSPS) is 11.9. The summed E-state index contributed by atoms with van der Waals surface area (Å²) in [6.07, 6.45) is 1.01. The molecule has 4 nitrogen and oxygen atoms in total. The molecule has 2 aromatic carbocycles. The number of hydrogen-bond donors (Lipinski definition) is 3. The Labute approximate surface area is 124 Å². The molecule has 0 aliphatic heterocycles. The molecule has 2 aromatic rings. The van der Waals surface area contributed by atoms with Crippen LogP contribution in [-0.4, -0.2) is 17.6 Å². The summed E-state index contributed by atoms with van der Waals surface area (Å²) in [6, 6.07) is 16.3. The minimum Gasteiger partial charge on any atom is -0.508 e. The number of rotatable bonds is 6. The van der Waals surface area contributed by atoms with Gasteiger partial charge in [0, 0.05) is 19.0 Å². The lowest BCUT2D eigenvalue weighted by molar-refractivity contribution is -0.121. The fourth-order valence-electron chi connectivity index (χ4n) is 2.10. The Morgan fingerprint density at radius 3 is 2.43 bits per heavy atom. The Morgan fingerprint density at radius 2 is 1.76 bits per heavy atom. The van der Waals surface area contributed by atoms with Gasteiger partial charge in [-0.25, -0.2) is 0 Å². The molecule has 0 fully saturated rings. The van der Waals surface area contributed by atoms with E-state index >= 15 is 0 Å². The zero-order valence-electron chi connectivity index (χ0n) is 11.8. The summed E-state index contributed by atoms with van der Waals surface area (Å²) >= 11 is 0. The fourth-order valence-corrected chi connectivity index (χ4v) is 2.10. The molecule has 1 unspecified atom stereocenters. The van der Waals surface area contributed by atoms with E-state index in [1.807, 2.05) is 42.5 Å². The number of hydrogen-bond acceptors (Lipinski definition) is 3. The smallest absolute Gasteiger partial charge is 0.221 e. The van der Waals surface area contributed by atoms with E-state index in [1.54, 1.807) is 12.1 Å². The number of nitrogens with one attached hydrogen (secondary N) is 1. The molecule has 110 valence electrons. The summed E-state index contributed by atoms with van der Waals surface area (Å²) < 4.78 is 0. The summed E-state index contributed by atoms with van der Waals surface area (Å²) in [5, 5.41) is 12.1. The first kappa shape index (κ1) is 15.1. The zero-order valence-corrected chi connectivity index (χ0v) is 11.8. The van der Waals surface area contributed by atoms with Gasteiger partial charge in [-0.3, -0.25) is 4.79 Å². The van der Waals surface area contributed by atoms with Crippen LogP contribution in [0.4, 0.5) is 0 Å². The topological polar surface area (TPSA) is 75.4 Å². The van der Waals surface area contributed by atoms with Gasteiger partial charge in [0.2, 0.25) is 5.91 Å². The van der Waals surface area contributed by atoms with Gasteiger partial charge < -0.3 is 16.2 Å². The van der Waals surface area contributed by atoms with E-state index in [9.17, 15) is 9.90 Å². The molecular weight excluding hydrogens is 264 g/mol. The molecule has 0 radical (unpaired) electrons. The van der Waals surface area contributed by atoms with E-state index in [2.05, 4.69) is 5.32 Å². The minimum atomic E-state index is -0.278. The van der Waals surface area contributed by atoms with E-state index in [1.165, 1.54) is 0 Å². The number of nitrogens with two attached hydrogens (primary N) is 1. The van der Waals surface area contributed by atoms with Gasteiger partial charge >= 0.3 is 0 Å². The van der Waals surface area contributed by atoms with Gasteiger partial charge in [0.05, 0.1) is 0 Å². The van der Waals surface area contributed by atoms with Crippen molar-refractivity contribution in [1.29, 1.82) is 0 Å². The molecule has 0 heterocycles. The average Bonchev–Trinajstić information content (AvgIpc) is 2.50. The molecule has 0 bridgehead atoms. The van der Waals surface area contributed by atoms with Gasteiger partial charge in [-0.05, 0) is 29.7 Å². The Kier molecular flexibility index (Phi) is 5.35. The van der Waals surface area contributed by atoms with Crippen LogP contribution >= 0.6 is 0 Å². The van der Waals surface area contributed by atoms with Crippen molar-refractivity contribution in [2.45, 2.75) is 18.9 Å². The lowest BCUT2D eigenvalue weighted by Gasteiger charge is -2.12. The number of aromatic hydroxyl groups is 1. The Hall–Kier alpha value is -2.33. The quantitative estimate of drug-likeness (QED) is 0.760. The first-order valence-electron chi connectivity index (χ1n) is 7.00. The second kappa shape index (κ2) is 7.45. The summed E-state index contributed by atoms with van der Waals surface area (Å²) in [4.78, 5) is 11.8. The second-order valence-electron chi connectivity index (χ2n) is 4.99. The molecule has 0 saturated heterocycles.